The van der Waals surface area contributed by atoms with Crippen molar-refractivity contribution in [2.24, 2.45) is 11.8 Å². The van der Waals surface area contributed by atoms with Gasteiger partial charge in [0, 0.05) is 13.0 Å². The maximum absolute atomic E-state index is 4.94. The number of aromatic nitrogens is 2. The van der Waals surface area contributed by atoms with Gasteiger partial charge in [0.2, 0.25) is 5.89 Å². The summed E-state index contributed by atoms with van der Waals surface area (Å²) in [5, 5.41) is 7.40. The molecule has 16 heavy (non-hydrogen) atoms. The smallest absolute Gasteiger partial charge is 0.223 e. The van der Waals surface area contributed by atoms with Gasteiger partial charge in [-0.3, -0.25) is 0 Å². The van der Waals surface area contributed by atoms with Crippen LogP contribution in [0.4, 0.5) is 0 Å². The van der Waals surface area contributed by atoms with Crippen molar-refractivity contribution in [3.8, 4) is 0 Å². The number of hydrogen-bond donors (Lipinski definition) is 1. The third-order valence-electron chi connectivity index (χ3n) is 3.72. The first-order valence-electron chi connectivity index (χ1n) is 6.17. The second-order valence-electron chi connectivity index (χ2n) is 5.08. The molecule has 0 aromatic carbocycles. The van der Waals surface area contributed by atoms with Crippen LogP contribution in [0.5, 0.6) is 0 Å². The van der Waals surface area contributed by atoms with E-state index in [1.807, 2.05) is 6.92 Å². The molecule has 0 spiro atoms. The first kappa shape index (κ1) is 11.6. The normalized spacial score (nSPS) is 30.6. The second kappa shape index (κ2) is 4.95. The van der Waals surface area contributed by atoms with Crippen molar-refractivity contribution in [2.45, 2.75) is 52.6 Å². The minimum Gasteiger partial charge on any atom is -0.340 e. The summed E-state index contributed by atoms with van der Waals surface area (Å²) in [6, 6.07) is 0.616. The van der Waals surface area contributed by atoms with Crippen LogP contribution in [0.1, 0.15) is 44.8 Å². The summed E-state index contributed by atoms with van der Waals surface area (Å²) in [4.78, 5) is 4.19. The molecule has 2 rings (SSSR count). The quantitative estimate of drug-likeness (QED) is 0.854. The van der Waals surface area contributed by atoms with Gasteiger partial charge >= 0.3 is 0 Å². The molecule has 1 saturated carbocycles. The molecule has 3 atom stereocenters. The van der Waals surface area contributed by atoms with Crippen LogP contribution in [0.25, 0.3) is 0 Å². The summed E-state index contributed by atoms with van der Waals surface area (Å²) >= 11 is 0. The Morgan fingerprint density at radius 3 is 2.75 bits per heavy atom. The lowest BCUT2D eigenvalue weighted by Crippen LogP contribution is -2.36. The molecule has 4 nitrogen and oxygen atoms in total. The van der Waals surface area contributed by atoms with Gasteiger partial charge in [0.05, 0.1) is 6.54 Å². The van der Waals surface area contributed by atoms with Crippen LogP contribution < -0.4 is 5.32 Å². The van der Waals surface area contributed by atoms with E-state index in [0.717, 1.165) is 24.2 Å². The molecule has 0 saturated heterocycles. The molecular weight excluding hydrogens is 202 g/mol. The van der Waals surface area contributed by atoms with Gasteiger partial charge in [-0.25, -0.2) is 0 Å². The largest absolute Gasteiger partial charge is 0.340 e. The Hall–Kier alpha value is -0.900. The Bertz CT molecular complexity index is 337. The summed E-state index contributed by atoms with van der Waals surface area (Å²) < 4.78 is 4.94. The fraction of sp³-hybridized carbons (Fsp3) is 0.833. The summed E-state index contributed by atoms with van der Waals surface area (Å²) in [6.07, 6.45) is 3.85. The monoisotopic (exact) mass is 223 g/mol. The highest BCUT2D eigenvalue weighted by atomic mass is 16.5. The molecule has 0 aliphatic heterocycles. The van der Waals surface area contributed by atoms with Crippen molar-refractivity contribution in [2.75, 3.05) is 0 Å². The summed E-state index contributed by atoms with van der Waals surface area (Å²) in [6.45, 7) is 7.24. The van der Waals surface area contributed by atoms with Crippen molar-refractivity contribution >= 4 is 0 Å². The highest BCUT2D eigenvalue weighted by Crippen LogP contribution is 2.29. The van der Waals surface area contributed by atoms with Crippen LogP contribution >= 0.6 is 0 Å². The minimum absolute atomic E-state index is 0.616. The topological polar surface area (TPSA) is 51.0 Å². The molecule has 90 valence electrons. The van der Waals surface area contributed by atoms with Crippen molar-refractivity contribution in [1.29, 1.82) is 0 Å². The SMILES string of the molecule is Cc1nc(CNC2CCC(C)C(C)C2)no1. The van der Waals surface area contributed by atoms with Gasteiger partial charge in [0.1, 0.15) is 0 Å². The van der Waals surface area contributed by atoms with Crippen molar-refractivity contribution in [1.82, 2.24) is 15.5 Å². The fourth-order valence-electron chi connectivity index (χ4n) is 2.38. The predicted octanol–water partition coefficient (Wildman–Crippen LogP) is 2.29. The molecule has 1 fully saturated rings. The summed E-state index contributed by atoms with van der Waals surface area (Å²) in [5.74, 6) is 3.09. The first-order chi connectivity index (χ1) is 7.65. The maximum atomic E-state index is 4.94. The second-order valence-corrected chi connectivity index (χ2v) is 5.08. The van der Waals surface area contributed by atoms with Gasteiger partial charge in [-0.15, -0.1) is 0 Å². The molecule has 3 unspecified atom stereocenters. The van der Waals surface area contributed by atoms with Crippen LogP contribution in [0.15, 0.2) is 4.52 Å². The zero-order chi connectivity index (χ0) is 11.5. The standard InChI is InChI=1S/C12H21N3O/c1-8-4-5-11(6-9(8)2)13-7-12-14-10(3)16-15-12/h8-9,11,13H,4-7H2,1-3H3. The molecule has 1 heterocycles. The summed E-state index contributed by atoms with van der Waals surface area (Å²) in [5.41, 5.74) is 0. The third-order valence-corrected chi connectivity index (χ3v) is 3.72. The molecular formula is C12H21N3O. The van der Waals surface area contributed by atoms with E-state index < -0.39 is 0 Å². The zero-order valence-electron chi connectivity index (χ0n) is 10.4. The van der Waals surface area contributed by atoms with Crippen molar-refractivity contribution in [3.05, 3.63) is 11.7 Å². The highest BCUT2D eigenvalue weighted by Gasteiger charge is 2.24. The molecule has 0 amide bonds. The van der Waals surface area contributed by atoms with E-state index in [0.29, 0.717) is 11.9 Å². The van der Waals surface area contributed by atoms with E-state index in [-0.39, 0.29) is 0 Å². The number of rotatable bonds is 3. The Balaban J connectivity index is 1.78. The van der Waals surface area contributed by atoms with Crippen LogP contribution in [0.2, 0.25) is 0 Å². The Labute approximate surface area is 96.8 Å². The van der Waals surface area contributed by atoms with E-state index >= 15 is 0 Å². The number of aryl methyl sites for hydroxylation is 1. The van der Waals surface area contributed by atoms with Gasteiger partial charge in [-0.1, -0.05) is 19.0 Å². The van der Waals surface area contributed by atoms with Crippen LogP contribution in [-0.2, 0) is 6.54 Å². The maximum Gasteiger partial charge on any atom is 0.223 e. The van der Waals surface area contributed by atoms with Crippen LogP contribution in [0.3, 0.4) is 0 Å². The third kappa shape index (κ3) is 2.82. The van der Waals surface area contributed by atoms with Crippen LogP contribution in [-0.4, -0.2) is 16.2 Å². The Morgan fingerprint density at radius 1 is 1.31 bits per heavy atom. The number of hydrogen-bond acceptors (Lipinski definition) is 4. The highest BCUT2D eigenvalue weighted by molar-refractivity contribution is 4.86. The zero-order valence-corrected chi connectivity index (χ0v) is 10.4. The molecule has 1 aromatic rings. The lowest BCUT2D eigenvalue weighted by atomic mass is 9.79. The molecule has 1 aliphatic carbocycles. The van der Waals surface area contributed by atoms with E-state index in [1.165, 1.54) is 19.3 Å². The predicted molar refractivity (Wildman–Crippen MR) is 61.8 cm³/mol. The van der Waals surface area contributed by atoms with Gasteiger partial charge in [0.25, 0.3) is 0 Å². The average molecular weight is 223 g/mol. The van der Waals surface area contributed by atoms with Gasteiger partial charge < -0.3 is 9.84 Å². The van der Waals surface area contributed by atoms with E-state index in [4.69, 9.17) is 4.52 Å². The number of nitrogens with zero attached hydrogens (tertiary/aromatic N) is 2. The number of nitrogens with one attached hydrogen (secondary N) is 1. The molecule has 0 radical (unpaired) electrons. The van der Waals surface area contributed by atoms with Gasteiger partial charge in [-0.2, -0.15) is 4.98 Å². The van der Waals surface area contributed by atoms with Crippen molar-refractivity contribution in [3.63, 3.8) is 0 Å². The minimum atomic E-state index is 0.616. The fourth-order valence-corrected chi connectivity index (χ4v) is 2.38. The lowest BCUT2D eigenvalue weighted by Gasteiger charge is -2.32. The lowest BCUT2D eigenvalue weighted by molar-refractivity contribution is 0.224. The molecule has 1 aliphatic rings. The van der Waals surface area contributed by atoms with Crippen LogP contribution in [0, 0.1) is 18.8 Å². The van der Waals surface area contributed by atoms with E-state index in [9.17, 15) is 0 Å². The van der Waals surface area contributed by atoms with E-state index in [1.54, 1.807) is 0 Å². The van der Waals surface area contributed by atoms with Gasteiger partial charge in [-0.05, 0) is 31.1 Å². The van der Waals surface area contributed by atoms with Crippen molar-refractivity contribution < 1.29 is 4.52 Å². The molecule has 1 N–H and O–H groups in total. The molecule has 1 aromatic heterocycles. The Morgan fingerprint density at radius 2 is 2.12 bits per heavy atom. The average Bonchev–Trinajstić information content (AvgIpc) is 2.66. The molecule has 0 bridgehead atoms. The Kier molecular flexibility index (Phi) is 3.59. The first-order valence-corrected chi connectivity index (χ1v) is 6.17. The van der Waals surface area contributed by atoms with Gasteiger partial charge in [0.15, 0.2) is 5.82 Å². The van der Waals surface area contributed by atoms with E-state index in [2.05, 4.69) is 29.3 Å². The summed E-state index contributed by atoms with van der Waals surface area (Å²) in [7, 11) is 0. The molecule has 4 heteroatoms.